The lowest BCUT2D eigenvalue weighted by atomic mass is 10.2. The van der Waals surface area contributed by atoms with Gasteiger partial charge < -0.3 is 5.11 Å². The summed E-state index contributed by atoms with van der Waals surface area (Å²) in [5.41, 5.74) is 0.767. The van der Waals surface area contributed by atoms with Crippen LogP contribution >= 0.6 is 11.6 Å². The van der Waals surface area contributed by atoms with Gasteiger partial charge in [0.1, 0.15) is 0 Å². The number of hydrogen-bond acceptors (Lipinski definition) is 3. The molecule has 0 aliphatic rings. The molecule has 1 N–H and O–H groups in total. The minimum Gasteiger partial charge on any atom is -0.476 e. The van der Waals surface area contributed by atoms with E-state index >= 15 is 0 Å². The van der Waals surface area contributed by atoms with Crippen LogP contribution in [0.5, 0.6) is 0 Å². The molecule has 6 heteroatoms. The Morgan fingerprint density at radius 1 is 1.44 bits per heavy atom. The van der Waals surface area contributed by atoms with E-state index in [0.717, 1.165) is 5.56 Å². The normalized spacial score (nSPS) is 10.3. The van der Waals surface area contributed by atoms with Gasteiger partial charge in [0.05, 0.1) is 12.7 Å². The highest BCUT2D eigenvalue weighted by molar-refractivity contribution is 6.31. The first-order valence-electron chi connectivity index (χ1n) is 4.53. The van der Waals surface area contributed by atoms with E-state index in [1.807, 2.05) is 18.2 Å². The second-order valence-electron chi connectivity index (χ2n) is 3.16. The summed E-state index contributed by atoms with van der Waals surface area (Å²) in [6.45, 7) is 0.354. The average molecular weight is 238 g/mol. The van der Waals surface area contributed by atoms with Gasteiger partial charge in [-0.2, -0.15) is 9.90 Å². The van der Waals surface area contributed by atoms with Crippen molar-refractivity contribution in [2.45, 2.75) is 6.54 Å². The molecule has 0 saturated heterocycles. The zero-order valence-electron chi connectivity index (χ0n) is 8.17. The number of carbonyl (C=O) groups is 1. The number of carboxylic acid groups (broad SMARTS) is 1. The zero-order valence-corrected chi connectivity index (χ0v) is 8.92. The van der Waals surface area contributed by atoms with Crippen molar-refractivity contribution in [1.82, 2.24) is 15.0 Å². The van der Waals surface area contributed by atoms with Gasteiger partial charge in [-0.25, -0.2) is 4.79 Å². The maximum absolute atomic E-state index is 10.6. The van der Waals surface area contributed by atoms with Crippen molar-refractivity contribution in [2.24, 2.45) is 0 Å². The lowest BCUT2D eigenvalue weighted by Crippen LogP contribution is -2.06. The van der Waals surface area contributed by atoms with Gasteiger partial charge in [-0.3, -0.25) is 0 Å². The van der Waals surface area contributed by atoms with Crippen LogP contribution in [0.3, 0.4) is 0 Å². The summed E-state index contributed by atoms with van der Waals surface area (Å²) in [5.74, 6) is -1.09. The third kappa shape index (κ3) is 2.20. The predicted molar refractivity (Wildman–Crippen MR) is 57.5 cm³/mol. The summed E-state index contributed by atoms with van der Waals surface area (Å²) in [5, 5.41) is 16.9. The largest absolute Gasteiger partial charge is 0.476 e. The van der Waals surface area contributed by atoms with Gasteiger partial charge in [-0.15, -0.1) is 5.10 Å². The molecule has 0 atom stereocenters. The van der Waals surface area contributed by atoms with Crippen LogP contribution < -0.4 is 0 Å². The monoisotopic (exact) mass is 237 g/mol. The molecule has 0 bridgehead atoms. The van der Waals surface area contributed by atoms with Crippen molar-refractivity contribution in [3.63, 3.8) is 0 Å². The highest BCUT2D eigenvalue weighted by Gasteiger charge is 2.08. The Morgan fingerprint density at radius 2 is 2.19 bits per heavy atom. The van der Waals surface area contributed by atoms with Crippen LogP contribution in [0.4, 0.5) is 0 Å². The third-order valence-corrected chi connectivity index (χ3v) is 2.39. The van der Waals surface area contributed by atoms with Crippen molar-refractivity contribution in [2.75, 3.05) is 0 Å². The van der Waals surface area contributed by atoms with Gasteiger partial charge in [0, 0.05) is 5.02 Å². The average Bonchev–Trinajstić information content (AvgIpc) is 2.70. The van der Waals surface area contributed by atoms with Crippen LogP contribution in [0.2, 0.25) is 5.02 Å². The Hall–Kier alpha value is -1.88. The SMILES string of the molecule is O=C(O)c1cnn(Cc2ccccc2Cl)n1. The molecule has 0 amide bonds. The van der Waals surface area contributed by atoms with Gasteiger partial charge >= 0.3 is 5.97 Å². The molecule has 0 spiro atoms. The first kappa shape index (κ1) is 10.6. The molecular formula is C10H8ClN3O2. The Bertz CT molecular complexity index is 524. The molecule has 2 aromatic rings. The summed E-state index contributed by atoms with van der Waals surface area (Å²) in [7, 11) is 0. The number of benzene rings is 1. The molecule has 2 rings (SSSR count). The number of carboxylic acids is 1. The van der Waals surface area contributed by atoms with E-state index in [4.69, 9.17) is 16.7 Å². The van der Waals surface area contributed by atoms with Crippen molar-refractivity contribution in [1.29, 1.82) is 0 Å². The summed E-state index contributed by atoms with van der Waals surface area (Å²) in [4.78, 5) is 11.9. The molecule has 0 aliphatic heterocycles. The summed E-state index contributed by atoms with van der Waals surface area (Å²) < 4.78 is 0. The molecule has 1 aromatic heterocycles. The zero-order chi connectivity index (χ0) is 11.5. The van der Waals surface area contributed by atoms with Gasteiger partial charge in [-0.1, -0.05) is 29.8 Å². The predicted octanol–water partition coefficient (Wildman–Crippen LogP) is 1.68. The molecule has 1 heterocycles. The quantitative estimate of drug-likeness (QED) is 0.882. The van der Waals surface area contributed by atoms with Crippen molar-refractivity contribution < 1.29 is 9.90 Å². The fourth-order valence-electron chi connectivity index (χ4n) is 1.25. The maximum atomic E-state index is 10.6. The smallest absolute Gasteiger partial charge is 0.358 e. The number of nitrogens with zero attached hydrogens (tertiary/aromatic N) is 3. The fourth-order valence-corrected chi connectivity index (χ4v) is 1.45. The Kier molecular flexibility index (Phi) is 2.87. The third-order valence-electron chi connectivity index (χ3n) is 2.03. The van der Waals surface area contributed by atoms with Gasteiger partial charge in [0.25, 0.3) is 0 Å². The van der Waals surface area contributed by atoms with E-state index in [1.54, 1.807) is 6.07 Å². The highest BCUT2D eigenvalue weighted by Crippen LogP contribution is 2.15. The number of aromatic nitrogens is 3. The van der Waals surface area contributed by atoms with Crippen LogP contribution in [-0.4, -0.2) is 26.1 Å². The first-order valence-corrected chi connectivity index (χ1v) is 4.91. The van der Waals surface area contributed by atoms with Gasteiger partial charge in [0.2, 0.25) is 0 Å². The molecule has 0 radical (unpaired) electrons. The number of halogens is 1. The minimum absolute atomic E-state index is 0.0768. The molecule has 0 unspecified atom stereocenters. The number of rotatable bonds is 3. The molecular weight excluding hydrogens is 230 g/mol. The van der Waals surface area contributed by atoms with Crippen molar-refractivity contribution >= 4 is 17.6 Å². The van der Waals surface area contributed by atoms with Crippen LogP contribution in [0.1, 0.15) is 16.1 Å². The Balaban J connectivity index is 2.21. The summed E-state index contributed by atoms with van der Waals surface area (Å²) in [6.07, 6.45) is 1.21. The van der Waals surface area contributed by atoms with E-state index in [2.05, 4.69) is 10.2 Å². The highest BCUT2D eigenvalue weighted by atomic mass is 35.5. The molecule has 0 fully saturated rings. The molecule has 82 valence electrons. The van der Waals surface area contributed by atoms with Crippen LogP contribution in [0, 0.1) is 0 Å². The molecule has 0 aliphatic carbocycles. The maximum Gasteiger partial charge on any atom is 0.358 e. The van der Waals surface area contributed by atoms with E-state index < -0.39 is 5.97 Å². The molecule has 0 saturated carbocycles. The van der Waals surface area contributed by atoms with Crippen LogP contribution in [-0.2, 0) is 6.54 Å². The Morgan fingerprint density at radius 3 is 2.81 bits per heavy atom. The van der Waals surface area contributed by atoms with Crippen molar-refractivity contribution in [3.8, 4) is 0 Å². The van der Waals surface area contributed by atoms with Crippen molar-refractivity contribution in [3.05, 3.63) is 46.7 Å². The standard InChI is InChI=1S/C10H8ClN3O2/c11-8-4-2-1-3-7(8)6-14-12-5-9(13-14)10(15)16/h1-5H,6H2,(H,15,16). The fraction of sp³-hybridized carbons (Fsp3) is 0.100. The number of aromatic carboxylic acids is 1. The second-order valence-corrected chi connectivity index (χ2v) is 3.56. The topological polar surface area (TPSA) is 68.0 Å². The first-order chi connectivity index (χ1) is 7.66. The minimum atomic E-state index is -1.09. The van der Waals surface area contributed by atoms with E-state index in [-0.39, 0.29) is 5.69 Å². The second kappa shape index (κ2) is 4.32. The van der Waals surface area contributed by atoms with E-state index in [0.29, 0.717) is 11.6 Å². The lowest BCUT2D eigenvalue weighted by molar-refractivity contribution is 0.0689. The number of hydrogen-bond donors (Lipinski definition) is 1. The Labute approximate surface area is 96.3 Å². The molecule has 1 aromatic carbocycles. The molecule has 16 heavy (non-hydrogen) atoms. The van der Waals surface area contributed by atoms with E-state index in [1.165, 1.54) is 11.0 Å². The van der Waals surface area contributed by atoms with E-state index in [9.17, 15) is 4.79 Å². The van der Waals surface area contributed by atoms with Gasteiger partial charge in [0.15, 0.2) is 5.69 Å². The van der Waals surface area contributed by atoms with Gasteiger partial charge in [-0.05, 0) is 11.6 Å². The lowest BCUT2D eigenvalue weighted by Gasteiger charge is -2.02. The van der Waals surface area contributed by atoms with Crippen LogP contribution in [0.25, 0.3) is 0 Å². The summed E-state index contributed by atoms with van der Waals surface area (Å²) >= 11 is 5.96. The van der Waals surface area contributed by atoms with Crippen LogP contribution in [0.15, 0.2) is 30.5 Å². The molecule has 5 nitrogen and oxygen atoms in total. The summed E-state index contributed by atoms with van der Waals surface area (Å²) in [6, 6.07) is 7.28.